The highest BCUT2D eigenvalue weighted by Crippen LogP contribution is 2.23. The third kappa shape index (κ3) is 4.07. The van der Waals surface area contributed by atoms with Gasteiger partial charge in [-0.15, -0.1) is 0 Å². The monoisotopic (exact) mass is 344 g/mol. The van der Waals surface area contributed by atoms with Crippen molar-refractivity contribution in [3.8, 4) is 0 Å². The molecule has 1 unspecified atom stereocenters. The second-order valence-electron chi connectivity index (χ2n) is 5.94. The maximum Gasteiger partial charge on any atom is 0.415 e. The van der Waals surface area contributed by atoms with E-state index in [2.05, 4.69) is 34.2 Å². The number of nitrogens with zero attached hydrogens (tertiary/aromatic N) is 5. The first kappa shape index (κ1) is 17.2. The molecule has 1 amide bonds. The Balaban J connectivity index is 1.77. The quantitative estimate of drug-likeness (QED) is 0.792. The van der Waals surface area contributed by atoms with E-state index in [0.717, 1.165) is 31.5 Å². The SMILES string of the molecule is CCCCC(Nc1nccc(N2CCOC2=O)n1)c1ccn(CC)n1. The van der Waals surface area contributed by atoms with E-state index in [-0.39, 0.29) is 12.1 Å². The molecule has 1 N–H and O–H groups in total. The summed E-state index contributed by atoms with van der Waals surface area (Å²) in [4.78, 5) is 22.0. The summed E-state index contributed by atoms with van der Waals surface area (Å²) < 4.78 is 6.88. The number of aryl methyl sites for hydroxylation is 1. The van der Waals surface area contributed by atoms with Crippen molar-refractivity contribution in [2.24, 2.45) is 0 Å². The number of carbonyl (C=O) groups excluding carboxylic acids is 1. The first-order chi connectivity index (χ1) is 12.2. The Morgan fingerprint density at radius 1 is 1.36 bits per heavy atom. The van der Waals surface area contributed by atoms with Crippen LogP contribution >= 0.6 is 0 Å². The zero-order valence-corrected chi connectivity index (χ0v) is 14.7. The Hall–Kier alpha value is -2.64. The van der Waals surface area contributed by atoms with E-state index < -0.39 is 0 Å². The number of amides is 1. The van der Waals surface area contributed by atoms with Gasteiger partial charge in [-0.1, -0.05) is 19.8 Å². The fourth-order valence-electron chi connectivity index (χ4n) is 2.77. The number of ether oxygens (including phenoxy) is 1. The minimum Gasteiger partial charge on any atom is -0.447 e. The van der Waals surface area contributed by atoms with Crippen LogP contribution < -0.4 is 10.2 Å². The Morgan fingerprint density at radius 3 is 2.92 bits per heavy atom. The average Bonchev–Trinajstić information content (AvgIpc) is 3.27. The van der Waals surface area contributed by atoms with Crippen LogP contribution in [0.1, 0.15) is 44.8 Å². The lowest BCUT2D eigenvalue weighted by atomic mass is 10.1. The van der Waals surface area contributed by atoms with Gasteiger partial charge in [0.15, 0.2) is 0 Å². The van der Waals surface area contributed by atoms with Gasteiger partial charge < -0.3 is 10.1 Å². The first-order valence-electron chi connectivity index (χ1n) is 8.78. The highest BCUT2D eigenvalue weighted by molar-refractivity contribution is 5.88. The summed E-state index contributed by atoms with van der Waals surface area (Å²) in [6.07, 6.45) is 6.39. The van der Waals surface area contributed by atoms with Gasteiger partial charge in [-0.25, -0.2) is 9.78 Å². The molecule has 2 aromatic heterocycles. The summed E-state index contributed by atoms with van der Waals surface area (Å²) >= 11 is 0. The predicted molar refractivity (Wildman–Crippen MR) is 94.5 cm³/mol. The fraction of sp³-hybridized carbons (Fsp3) is 0.529. The molecule has 8 nitrogen and oxygen atoms in total. The summed E-state index contributed by atoms with van der Waals surface area (Å²) in [6, 6.07) is 3.77. The minimum absolute atomic E-state index is 0.0357. The van der Waals surface area contributed by atoms with Crippen molar-refractivity contribution in [3.63, 3.8) is 0 Å². The van der Waals surface area contributed by atoms with Crippen molar-refractivity contribution in [2.75, 3.05) is 23.4 Å². The van der Waals surface area contributed by atoms with Crippen molar-refractivity contribution in [2.45, 2.75) is 45.7 Å². The molecule has 0 radical (unpaired) electrons. The molecule has 134 valence electrons. The number of aromatic nitrogens is 4. The second kappa shape index (κ2) is 7.96. The Labute approximate surface area is 147 Å². The zero-order chi connectivity index (χ0) is 17.6. The Bertz CT molecular complexity index is 717. The van der Waals surface area contributed by atoms with Crippen LogP contribution in [0.25, 0.3) is 0 Å². The molecular weight excluding hydrogens is 320 g/mol. The van der Waals surface area contributed by atoms with Crippen molar-refractivity contribution in [3.05, 3.63) is 30.2 Å². The standard InChI is InChI=1S/C17H24N6O2/c1-3-5-6-13(14-8-10-22(4-2)21-14)19-16-18-9-7-15(20-16)23-11-12-25-17(23)24/h7-10,13H,3-6,11-12H2,1-2H3,(H,18,19,20). The minimum atomic E-state index is -0.367. The number of anilines is 2. The van der Waals surface area contributed by atoms with Crippen molar-refractivity contribution in [1.29, 1.82) is 0 Å². The second-order valence-corrected chi connectivity index (χ2v) is 5.94. The summed E-state index contributed by atoms with van der Waals surface area (Å²) in [6.45, 7) is 5.96. The Morgan fingerprint density at radius 2 is 2.24 bits per heavy atom. The molecule has 0 bridgehead atoms. The number of cyclic esters (lactones) is 1. The number of unbranched alkanes of at least 4 members (excludes halogenated alkanes) is 1. The largest absolute Gasteiger partial charge is 0.447 e. The maximum atomic E-state index is 11.7. The zero-order valence-electron chi connectivity index (χ0n) is 14.7. The molecule has 0 aliphatic carbocycles. The number of rotatable bonds is 8. The lowest BCUT2D eigenvalue weighted by molar-refractivity contribution is 0.181. The van der Waals surface area contributed by atoms with Crippen LogP contribution in [0.15, 0.2) is 24.5 Å². The van der Waals surface area contributed by atoms with Crippen molar-refractivity contribution in [1.82, 2.24) is 19.7 Å². The van der Waals surface area contributed by atoms with Gasteiger partial charge in [0.25, 0.3) is 0 Å². The van der Waals surface area contributed by atoms with Crippen LogP contribution in [0, 0.1) is 0 Å². The van der Waals surface area contributed by atoms with Gasteiger partial charge in [-0.2, -0.15) is 10.1 Å². The molecule has 3 heterocycles. The summed E-state index contributed by atoms with van der Waals surface area (Å²) in [5.41, 5.74) is 0.977. The van der Waals surface area contributed by atoms with Gasteiger partial charge in [0.05, 0.1) is 18.3 Å². The van der Waals surface area contributed by atoms with E-state index in [0.29, 0.717) is 24.9 Å². The van der Waals surface area contributed by atoms with E-state index in [9.17, 15) is 4.79 Å². The molecule has 1 aliphatic heterocycles. The number of nitrogens with one attached hydrogen (secondary N) is 1. The van der Waals surface area contributed by atoms with E-state index in [1.807, 2.05) is 16.9 Å². The van der Waals surface area contributed by atoms with Crippen molar-refractivity contribution < 1.29 is 9.53 Å². The highest BCUT2D eigenvalue weighted by Gasteiger charge is 2.25. The van der Waals surface area contributed by atoms with E-state index in [1.54, 1.807) is 12.3 Å². The third-order valence-electron chi connectivity index (χ3n) is 4.17. The summed E-state index contributed by atoms with van der Waals surface area (Å²) in [5.74, 6) is 1.04. The molecule has 0 spiro atoms. The van der Waals surface area contributed by atoms with Crippen LogP contribution in [0.5, 0.6) is 0 Å². The van der Waals surface area contributed by atoms with Crippen molar-refractivity contribution >= 4 is 17.9 Å². The molecule has 1 saturated heterocycles. The molecule has 25 heavy (non-hydrogen) atoms. The van der Waals surface area contributed by atoms with Gasteiger partial charge >= 0.3 is 6.09 Å². The van der Waals surface area contributed by atoms with E-state index in [1.165, 1.54) is 4.90 Å². The van der Waals surface area contributed by atoms with Gasteiger partial charge in [-0.3, -0.25) is 9.58 Å². The average molecular weight is 344 g/mol. The van der Waals surface area contributed by atoms with Crippen LogP contribution in [-0.4, -0.2) is 39.0 Å². The first-order valence-corrected chi connectivity index (χ1v) is 8.78. The van der Waals surface area contributed by atoms with Crippen LogP contribution in [0.3, 0.4) is 0 Å². The van der Waals surface area contributed by atoms with Gasteiger partial charge in [-0.05, 0) is 25.5 Å². The highest BCUT2D eigenvalue weighted by atomic mass is 16.6. The predicted octanol–water partition coefficient (Wildman–Crippen LogP) is 2.99. The van der Waals surface area contributed by atoms with Gasteiger partial charge in [0, 0.05) is 18.9 Å². The van der Waals surface area contributed by atoms with Crippen LogP contribution in [0.4, 0.5) is 16.6 Å². The third-order valence-corrected chi connectivity index (χ3v) is 4.17. The molecule has 1 atom stereocenters. The number of hydrogen-bond acceptors (Lipinski definition) is 6. The van der Waals surface area contributed by atoms with Gasteiger partial charge in [0.2, 0.25) is 5.95 Å². The lowest BCUT2D eigenvalue weighted by Gasteiger charge is -2.18. The summed E-state index contributed by atoms with van der Waals surface area (Å²) in [7, 11) is 0. The topological polar surface area (TPSA) is 85.2 Å². The molecule has 1 fully saturated rings. The summed E-state index contributed by atoms with van der Waals surface area (Å²) in [5, 5.41) is 7.97. The van der Waals surface area contributed by atoms with Crippen LogP contribution in [0.2, 0.25) is 0 Å². The maximum absolute atomic E-state index is 11.7. The number of carbonyl (C=O) groups is 1. The molecule has 0 aromatic carbocycles. The van der Waals surface area contributed by atoms with Gasteiger partial charge in [0.1, 0.15) is 12.4 Å². The smallest absolute Gasteiger partial charge is 0.415 e. The molecular formula is C17H24N6O2. The molecule has 0 saturated carbocycles. The van der Waals surface area contributed by atoms with Crippen LogP contribution in [-0.2, 0) is 11.3 Å². The molecule has 2 aromatic rings. The van der Waals surface area contributed by atoms with E-state index in [4.69, 9.17) is 4.74 Å². The number of hydrogen-bond donors (Lipinski definition) is 1. The molecule has 8 heteroatoms. The Kier molecular flexibility index (Phi) is 5.47. The molecule has 1 aliphatic rings. The van der Waals surface area contributed by atoms with E-state index >= 15 is 0 Å². The fourth-order valence-corrected chi connectivity index (χ4v) is 2.77. The normalized spacial score (nSPS) is 15.3. The lowest BCUT2D eigenvalue weighted by Crippen LogP contribution is -2.25. The molecule has 3 rings (SSSR count).